The molecule has 0 aromatic heterocycles. The van der Waals surface area contributed by atoms with E-state index in [0.29, 0.717) is 5.56 Å². The first-order chi connectivity index (χ1) is 10.9. The summed E-state index contributed by atoms with van der Waals surface area (Å²) in [5.74, 6) is -1.17. The molecule has 0 aliphatic carbocycles. The van der Waals surface area contributed by atoms with Crippen LogP contribution in [0.3, 0.4) is 0 Å². The summed E-state index contributed by atoms with van der Waals surface area (Å²) in [6, 6.07) is 10.2. The lowest BCUT2D eigenvalue weighted by molar-refractivity contribution is -0.384. The summed E-state index contributed by atoms with van der Waals surface area (Å²) in [5, 5.41) is 10.5. The maximum Gasteiger partial charge on any atom is 0.271 e. The van der Waals surface area contributed by atoms with Gasteiger partial charge in [0.1, 0.15) is 0 Å². The molecule has 0 bridgehead atoms. The molecular weight excluding hydrogens is 322 g/mol. The predicted octanol–water partition coefficient (Wildman–Crippen LogP) is 2.63. The summed E-state index contributed by atoms with van der Waals surface area (Å²) in [4.78, 5) is 33.8. The summed E-state index contributed by atoms with van der Waals surface area (Å²) in [6.45, 7) is 1.89. The van der Waals surface area contributed by atoms with Crippen molar-refractivity contribution < 1.29 is 14.5 Å². The van der Waals surface area contributed by atoms with Crippen LogP contribution in [0.1, 0.15) is 26.3 Å². The Labute approximate surface area is 136 Å². The van der Waals surface area contributed by atoms with Gasteiger partial charge < -0.3 is 0 Å². The minimum absolute atomic E-state index is 0.0153. The second kappa shape index (κ2) is 6.89. The van der Waals surface area contributed by atoms with Gasteiger partial charge in [0.05, 0.1) is 15.5 Å². The Morgan fingerprint density at radius 1 is 1.04 bits per heavy atom. The van der Waals surface area contributed by atoms with E-state index in [1.54, 1.807) is 24.3 Å². The molecule has 0 aliphatic rings. The molecule has 2 aromatic carbocycles. The van der Waals surface area contributed by atoms with Crippen LogP contribution in [-0.2, 0) is 0 Å². The highest BCUT2D eigenvalue weighted by Crippen LogP contribution is 2.22. The van der Waals surface area contributed by atoms with Gasteiger partial charge in [0, 0.05) is 17.7 Å². The average molecular weight is 334 g/mol. The predicted molar refractivity (Wildman–Crippen MR) is 84.2 cm³/mol. The van der Waals surface area contributed by atoms with Crippen molar-refractivity contribution in [2.45, 2.75) is 6.92 Å². The fourth-order valence-electron chi connectivity index (χ4n) is 1.76. The largest absolute Gasteiger partial charge is 0.271 e. The van der Waals surface area contributed by atoms with Crippen molar-refractivity contribution in [2.75, 3.05) is 0 Å². The van der Waals surface area contributed by atoms with Crippen LogP contribution in [0.15, 0.2) is 42.5 Å². The van der Waals surface area contributed by atoms with E-state index < -0.39 is 16.7 Å². The zero-order chi connectivity index (χ0) is 17.0. The number of rotatable bonds is 3. The second-order valence-corrected chi connectivity index (χ2v) is 5.10. The molecule has 2 amide bonds. The molecule has 0 saturated carbocycles. The van der Waals surface area contributed by atoms with Crippen molar-refractivity contribution in [3.63, 3.8) is 0 Å². The minimum atomic E-state index is -0.676. The molecule has 0 spiro atoms. The molecule has 23 heavy (non-hydrogen) atoms. The fourth-order valence-corrected chi connectivity index (χ4v) is 2.02. The standard InChI is InChI=1S/C15H12ClN3O4/c1-9-2-4-10(5-3-9)14(20)17-18-15(21)12-7-6-11(19(22)23)8-13(12)16/h2-8H,1H3,(H,17,20)(H,18,21). The first-order valence-electron chi connectivity index (χ1n) is 6.50. The number of hydrazine groups is 1. The van der Waals surface area contributed by atoms with Gasteiger partial charge in [-0.1, -0.05) is 29.3 Å². The lowest BCUT2D eigenvalue weighted by Crippen LogP contribution is -2.41. The minimum Gasteiger partial charge on any atom is -0.267 e. The molecule has 0 fully saturated rings. The maximum absolute atomic E-state index is 12.0. The molecule has 0 aliphatic heterocycles. The van der Waals surface area contributed by atoms with Crippen molar-refractivity contribution >= 4 is 29.1 Å². The monoisotopic (exact) mass is 333 g/mol. The fraction of sp³-hybridized carbons (Fsp3) is 0.0667. The number of nitro groups is 1. The number of non-ortho nitro benzene ring substituents is 1. The van der Waals surface area contributed by atoms with Crippen LogP contribution < -0.4 is 10.9 Å². The topological polar surface area (TPSA) is 101 Å². The third kappa shape index (κ3) is 4.04. The quantitative estimate of drug-likeness (QED) is 0.665. The van der Waals surface area contributed by atoms with Crippen LogP contribution in [-0.4, -0.2) is 16.7 Å². The number of halogens is 1. The van der Waals surface area contributed by atoms with E-state index in [1.807, 2.05) is 6.92 Å². The Kier molecular flexibility index (Phi) is 4.92. The van der Waals surface area contributed by atoms with E-state index >= 15 is 0 Å². The molecule has 0 heterocycles. The molecule has 2 aromatic rings. The third-order valence-corrected chi connectivity index (χ3v) is 3.32. The van der Waals surface area contributed by atoms with Crippen LogP contribution in [0.4, 0.5) is 5.69 Å². The lowest BCUT2D eigenvalue weighted by Gasteiger charge is -2.08. The Morgan fingerprint density at radius 2 is 1.65 bits per heavy atom. The zero-order valence-corrected chi connectivity index (χ0v) is 12.8. The van der Waals surface area contributed by atoms with E-state index in [-0.39, 0.29) is 16.3 Å². The van der Waals surface area contributed by atoms with Gasteiger partial charge in [-0.05, 0) is 25.1 Å². The highest BCUT2D eigenvalue weighted by molar-refractivity contribution is 6.34. The number of nitro benzene ring substituents is 1. The third-order valence-electron chi connectivity index (χ3n) is 3.01. The van der Waals surface area contributed by atoms with Crippen LogP contribution in [0.2, 0.25) is 5.02 Å². The van der Waals surface area contributed by atoms with E-state index in [2.05, 4.69) is 10.9 Å². The highest BCUT2D eigenvalue weighted by atomic mass is 35.5. The number of benzene rings is 2. The van der Waals surface area contributed by atoms with Crippen LogP contribution in [0, 0.1) is 17.0 Å². The Bertz CT molecular complexity index is 775. The molecule has 0 radical (unpaired) electrons. The first kappa shape index (κ1) is 16.4. The molecule has 0 saturated heterocycles. The van der Waals surface area contributed by atoms with Crippen molar-refractivity contribution in [1.82, 2.24) is 10.9 Å². The van der Waals surface area contributed by atoms with E-state index in [1.165, 1.54) is 6.07 Å². The van der Waals surface area contributed by atoms with Gasteiger partial charge in [0.25, 0.3) is 17.5 Å². The molecular formula is C15H12ClN3O4. The van der Waals surface area contributed by atoms with E-state index in [0.717, 1.165) is 17.7 Å². The van der Waals surface area contributed by atoms with Crippen LogP contribution in [0.5, 0.6) is 0 Å². The lowest BCUT2D eigenvalue weighted by atomic mass is 10.1. The molecule has 8 heteroatoms. The van der Waals surface area contributed by atoms with Crippen molar-refractivity contribution in [2.24, 2.45) is 0 Å². The van der Waals surface area contributed by atoms with Gasteiger partial charge in [0.2, 0.25) is 0 Å². The van der Waals surface area contributed by atoms with E-state index in [9.17, 15) is 19.7 Å². The molecule has 118 valence electrons. The van der Waals surface area contributed by atoms with Crippen molar-refractivity contribution in [3.05, 3.63) is 74.3 Å². The van der Waals surface area contributed by atoms with Gasteiger partial charge in [-0.3, -0.25) is 30.6 Å². The number of carbonyl (C=O) groups is 2. The van der Waals surface area contributed by atoms with Crippen LogP contribution >= 0.6 is 11.6 Å². The number of nitrogens with zero attached hydrogens (tertiary/aromatic N) is 1. The van der Waals surface area contributed by atoms with Crippen molar-refractivity contribution in [3.8, 4) is 0 Å². The van der Waals surface area contributed by atoms with Gasteiger partial charge in [-0.25, -0.2) is 0 Å². The number of hydrogen-bond donors (Lipinski definition) is 2. The second-order valence-electron chi connectivity index (χ2n) is 4.70. The van der Waals surface area contributed by atoms with E-state index in [4.69, 9.17) is 11.6 Å². The summed E-state index contributed by atoms with van der Waals surface area (Å²) in [6.07, 6.45) is 0. The molecule has 7 nitrogen and oxygen atoms in total. The number of amides is 2. The van der Waals surface area contributed by atoms with Gasteiger partial charge in [-0.15, -0.1) is 0 Å². The summed E-state index contributed by atoms with van der Waals surface area (Å²) in [5.41, 5.74) is 5.63. The molecule has 0 atom stereocenters. The zero-order valence-electron chi connectivity index (χ0n) is 12.0. The highest BCUT2D eigenvalue weighted by Gasteiger charge is 2.15. The Hall–Kier alpha value is -2.93. The first-order valence-corrected chi connectivity index (χ1v) is 6.87. The summed E-state index contributed by atoms with van der Waals surface area (Å²) in [7, 11) is 0. The van der Waals surface area contributed by atoms with Gasteiger partial charge >= 0.3 is 0 Å². The van der Waals surface area contributed by atoms with Gasteiger partial charge in [-0.2, -0.15) is 0 Å². The Morgan fingerprint density at radius 3 is 2.22 bits per heavy atom. The SMILES string of the molecule is Cc1ccc(C(=O)NNC(=O)c2ccc([N+](=O)[O-])cc2Cl)cc1. The summed E-state index contributed by atoms with van der Waals surface area (Å²) < 4.78 is 0. The number of hydrogen-bond acceptors (Lipinski definition) is 4. The molecule has 0 unspecified atom stereocenters. The number of nitrogens with one attached hydrogen (secondary N) is 2. The average Bonchev–Trinajstić information content (AvgIpc) is 2.52. The number of carbonyl (C=O) groups excluding carboxylic acids is 2. The smallest absolute Gasteiger partial charge is 0.267 e. The Balaban J connectivity index is 2.03. The van der Waals surface area contributed by atoms with Crippen LogP contribution in [0.25, 0.3) is 0 Å². The molecule has 2 rings (SSSR count). The molecule has 2 N–H and O–H groups in total. The van der Waals surface area contributed by atoms with Crippen molar-refractivity contribution in [1.29, 1.82) is 0 Å². The number of aryl methyl sites for hydroxylation is 1. The summed E-state index contributed by atoms with van der Waals surface area (Å²) >= 11 is 5.84. The van der Waals surface area contributed by atoms with Gasteiger partial charge in [0.15, 0.2) is 0 Å². The maximum atomic E-state index is 12.0. The normalized spacial score (nSPS) is 10.0.